The lowest BCUT2D eigenvalue weighted by atomic mass is 10.3. The van der Waals surface area contributed by atoms with Gasteiger partial charge in [-0.1, -0.05) is 17.7 Å². The molecule has 0 aliphatic rings. The molecule has 108 valence electrons. The minimum absolute atomic E-state index is 0.0566. The first-order valence-corrected chi connectivity index (χ1v) is 8.49. The Morgan fingerprint density at radius 1 is 1.30 bits per heavy atom. The van der Waals surface area contributed by atoms with Crippen molar-refractivity contribution in [2.75, 3.05) is 6.54 Å². The minimum Gasteiger partial charge on any atom is -0.392 e. The minimum atomic E-state index is -3.62. The Labute approximate surface area is 126 Å². The zero-order valence-corrected chi connectivity index (χ0v) is 12.8. The predicted octanol–water partition coefficient (Wildman–Crippen LogP) is 1.81. The first-order valence-electron chi connectivity index (χ1n) is 5.81. The lowest BCUT2D eigenvalue weighted by Gasteiger charge is -2.05. The fourth-order valence-corrected chi connectivity index (χ4v) is 3.58. The third-order valence-electron chi connectivity index (χ3n) is 2.55. The average molecular weight is 333 g/mol. The normalized spacial score (nSPS) is 11.7. The summed E-state index contributed by atoms with van der Waals surface area (Å²) in [6.45, 7) is 0.114. The number of pyridine rings is 1. The number of sulfonamides is 1. The van der Waals surface area contributed by atoms with E-state index in [9.17, 15) is 8.42 Å². The number of rotatable bonds is 6. The Balaban J connectivity index is 1.96. The molecule has 0 bridgehead atoms. The maximum absolute atomic E-state index is 12.0. The zero-order chi connectivity index (χ0) is 14.6. The van der Waals surface area contributed by atoms with Gasteiger partial charge in [0.2, 0.25) is 0 Å². The highest BCUT2D eigenvalue weighted by molar-refractivity contribution is 7.89. The number of halogens is 1. The van der Waals surface area contributed by atoms with Gasteiger partial charge in [0.1, 0.15) is 0 Å². The number of aromatic nitrogens is 1. The molecule has 0 saturated heterocycles. The van der Waals surface area contributed by atoms with Gasteiger partial charge in [-0.3, -0.25) is 0 Å². The van der Waals surface area contributed by atoms with Crippen LogP contribution in [0.15, 0.2) is 35.5 Å². The van der Waals surface area contributed by atoms with Gasteiger partial charge >= 0.3 is 0 Å². The summed E-state index contributed by atoms with van der Waals surface area (Å²) in [4.78, 5) is 4.84. The molecule has 2 rings (SSSR count). The molecule has 8 heteroatoms. The van der Waals surface area contributed by atoms with Gasteiger partial charge in [-0.2, -0.15) is 0 Å². The Morgan fingerprint density at radius 2 is 2.10 bits per heavy atom. The molecule has 2 N–H and O–H groups in total. The molecule has 0 unspecified atom stereocenters. The van der Waals surface area contributed by atoms with E-state index in [2.05, 4.69) is 9.71 Å². The second-order valence-electron chi connectivity index (χ2n) is 4.02. The van der Waals surface area contributed by atoms with Gasteiger partial charge in [0.25, 0.3) is 10.0 Å². The summed E-state index contributed by atoms with van der Waals surface area (Å²) >= 11 is 7.23. The van der Waals surface area contributed by atoms with Crippen molar-refractivity contribution in [3.05, 3.63) is 45.2 Å². The maximum Gasteiger partial charge on any atom is 0.258 e. The number of nitrogens with zero attached hydrogens (tertiary/aromatic N) is 1. The van der Waals surface area contributed by atoms with E-state index < -0.39 is 10.0 Å². The topological polar surface area (TPSA) is 79.3 Å². The van der Waals surface area contributed by atoms with Crippen LogP contribution in [0.4, 0.5) is 0 Å². The number of hydrogen-bond donors (Lipinski definition) is 2. The van der Waals surface area contributed by atoms with Crippen LogP contribution in [-0.4, -0.2) is 25.1 Å². The van der Waals surface area contributed by atoms with E-state index in [0.29, 0.717) is 16.3 Å². The molecule has 0 amide bonds. The summed E-state index contributed by atoms with van der Waals surface area (Å²) in [7, 11) is -3.62. The fraction of sp³-hybridized carbons (Fsp3) is 0.250. The number of aliphatic hydroxyl groups is 1. The van der Waals surface area contributed by atoms with Crippen LogP contribution in [0.25, 0.3) is 0 Å². The van der Waals surface area contributed by atoms with Gasteiger partial charge in [0, 0.05) is 17.6 Å². The molecule has 20 heavy (non-hydrogen) atoms. The molecule has 2 aromatic rings. The van der Waals surface area contributed by atoms with Crippen LogP contribution < -0.4 is 4.72 Å². The first kappa shape index (κ1) is 15.4. The summed E-state index contributed by atoms with van der Waals surface area (Å²) in [6.07, 6.45) is 1.92. The van der Waals surface area contributed by atoms with Gasteiger partial charge in [-0.25, -0.2) is 18.1 Å². The summed E-state index contributed by atoms with van der Waals surface area (Å²) in [5.41, 5.74) is 0.567. The Hall–Kier alpha value is -0.990. The molecule has 0 radical (unpaired) electrons. The van der Waals surface area contributed by atoms with Crippen molar-refractivity contribution in [3.63, 3.8) is 0 Å². The molecule has 0 aliphatic carbocycles. The van der Waals surface area contributed by atoms with Gasteiger partial charge in [0.05, 0.1) is 10.9 Å². The highest BCUT2D eigenvalue weighted by Gasteiger charge is 2.14. The maximum atomic E-state index is 12.0. The summed E-state index contributed by atoms with van der Waals surface area (Å²) in [6, 6.07) is 6.55. The predicted molar refractivity (Wildman–Crippen MR) is 78.4 cm³/mol. The molecule has 0 aromatic carbocycles. The lowest BCUT2D eigenvalue weighted by molar-refractivity contribution is 0.281. The molecular formula is C12H13ClN2O3S2. The third kappa shape index (κ3) is 4.00. The molecule has 0 saturated carbocycles. The molecule has 2 aromatic heterocycles. The Morgan fingerprint density at radius 3 is 2.65 bits per heavy atom. The second kappa shape index (κ2) is 6.64. The van der Waals surface area contributed by atoms with Crippen LogP contribution >= 0.6 is 22.9 Å². The van der Waals surface area contributed by atoms with Crippen molar-refractivity contribution in [2.24, 2.45) is 0 Å². The van der Waals surface area contributed by atoms with E-state index in [0.717, 1.165) is 4.88 Å². The Kier molecular flexibility index (Phi) is 5.11. The smallest absolute Gasteiger partial charge is 0.258 e. The molecule has 0 spiro atoms. The summed E-state index contributed by atoms with van der Waals surface area (Å²) in [5, 5.41) is 8.83. The van der Waals surface area contributed by atoms with Gasteiger partial charge in [-0.15, -0.1) is 11.3 Å². The van der Waals surface area contributed by atoms with Crippen molar-refractivity contribution < 1.29 is 13.5 Å². The van der Waals surface area contributed by atoms with E-state index in [-0.39, 0.29) is 18.2 Å². The largest absolute Gasteiger partial charge is 0.392 e. The van der Waals surface area contributed by atoms with E-state index >= 15 is 0 Å². The van der Waals surface area contributed by atoms with Gasteiger partial charge in [-0.05, 0) is 30.2 Å². The van der Waals surface area contributed by atoms with E-state index in [4.69, 9.17) is 16.7 Å². The van der Waals surface area contributed by atoms with Crippen molar-refractivity contribution in [2.45, 2.75) is 18.1 Å². The van der Waals surface area contributed by atoms with Crippen molar-refractivity contribution in [1.82, 2.24) is 9.71 Å². The Bertz CT molecular complexity index is 668. The van der Waals surface area contributed by atoms with Crippen molar-refractivity contribution in [1.29, 1.82) is 0 Å². The standard InChI is InChI=1S/C12H13ClN2O3S2/c13-11-3-2-10(19-11)5-6-15-20(17,18)12-4-1-9(8-16)7-14-12/h1-4,7,15-16H,5-6,8H2. The van der Waals surface area contributed by atoms with E-state index in [1.807, 2.05) is 6.07 Å². The molecule has 0 atom stereocenters. The van der Waals surface area contributed by atoms with E-state index in [1.165, 1.54) is 29.7 Å². The monoisotopic (exact) mass is 332 g/mol. The molecular weight excluding hydrogens is 320 g/mol. The molecule has 0 fully saturated rings. The quantitative estimate of drug-likeness (QED) is 0.845. The average Bonchev–Trinajstić information content (AvgIpc) is 2.84. The van der Waals surface area contributed by atoms with Crippen LogP contribution in [0.3, 0.4) is 0 Å². The van der Waals surface area contributed by atoms with Crippen molar-refractivity contribution in [3.8, 4) is 0 Å². The van der Waals surface area contributed by atoms with Gasteiger partial charge in [0.15, 0.2) is 5.03 Å². The highest BCUT2D eigenvalue weighted by atomic mass is 35.5. The van der Waals surface area contributed by atoms with Crippen LogP contribution in [-0.2, 0) is 23.1 Å². The van der Waals surface area contributed by atoms with Crippen LogP contribution in [0.2, 0.25) is 4.34 Å². The molecule has 2 heterocycles. The van der Waals surface area contributed by atoms with Crippen LogP contribution in [0.5, 0.6) is 0 Å². The number of aliphatic hydroxyl groups excluding tert-OH is 1. The van der Waals surface area contributed by atoms with Gasteiger partial charge < -0.3 is 5.11 Å². The lowest BCUT2D eigenvalue weighted by Crippen LogP contribution is -2.26. The zero-order valence-electron chi connectivity index (χ0n) is 10.4. The molecule has 0 aliphatic heterocycles. The molecule has 5 nitrogen and oxygen atoms in total. The fourth-order valence-electron chi connectivity index (χ4n) is 1.53. The van der Waals surface area contributed by atoms with E-state index in [1.54, 1.807) is 6.07 Å². The second-order valence-corrected chi connectivity index (χ2v) is 7.53. The third-order valence-corrected chi connectivity index (χ3v) is 5.22. The number of nitrogens with one attached hydrogen (secondary N) is 1. The summed E-state index contributed by atoms with van der Waals surface area (Å²) in [5.74, 6) is 0. The number of hydrogen-bond acceptors (Lipinski definition) is 5. The van der Waals surface area contributed by atoms with Crippen molar-refractivity contribution >= 4 is 33.0 Å². The van der Waals surface area contributed by atoms with Crippen LogP contribution in [0, 0.1) is 0 Å². The SMILES string of the molecule is O=S(=O)(NCCc1ccc(Cl)s1)c1ccc(CO)cn1. The summed E-state index contributed by atoms with van der Waals surface area (Å²) < 4.78 is 27.1. The van der Waals surface area contributed by atoms with Crippen LogP contribution in [0.1, 0.15) is 10.4 Å². The highest BCUT2D eigenvalue weighted by Crippen LogP contribution is 2.21. The number of thiophene rings is 1. The first-order chi connectivity index (χ1) is 9.51.